The molecule has 2 unspecified atom stereocenters. The average Bonchev–Trinajstić information content (AvgIpc) is 2.63. The lowest BCUT2D eigenvalue weighted by molar-refractivity contribution is 0.0896. The normalized spacial score (nSPS) is 25.5. The van der Waals surface area contributed by atoms with E-state index in [0.717, 1.165) is 17.5 Å². The topological polar surface area (TPSA) is 30.0 Å². The molecular weight excluding hydrogens is 186 g/mol. The first kappa shape index (κ1) is 10.3. The molecule has 0 amide bonds. The van der Waals surface area contributed by atoms with E-state index >= 15 is 0 Å². The van der Waals surface area contributed by atoms with Crippen LogP contribution in [0.25, 0.3) is 0 Å². The van der Waals surface area contributed by atoms with Crippen LogP contribution in [-0.2, 0) is 0 Å². The SMILES string of the molecule is Cc1cncc(C(=O)C2CCCC2C)c1. The van der Waals surface area contributed by atoms with Gasteiger partial charge in [0.1, 0.15) is 0 Å². The van der Waals surface area contributed by atoms with Crippen LogP contribution in [0, 0.1) is 18.8 Å². The highest BCUT2D eigenvalue weighted by atomic mass is 16.1. The van der Waals surface area contributed by atoms with Crippen LogP contribution in [0.3, 0.4) is 0 Å². The van der Waals surface area contributed by atoms with E-state index in [2.05, 4.69) is 11.9 Å². The van der Waals surface area contributed by atoms with Gasteiger partial charge in [0.05, 0.1) is 0 Å². The fourth-order valence-electron chi connectivity index (χ4n) is 2.44. The van der Waals surface area contributed by atoms with Gasteiger partial charge in [0.15, 0.2) is 5.78 Å². The number of carbonyl (C=O) groups excluding carboxylic acids is 1. The zero-order valence-electron chi connectivity index (χ0n) is 9.36. The molecular formula is C13H17NO. The Bertz CT molecular complexity index is 373. The monoisotopic (exact) mass is 203 g/mol. The number of pyridine rings is 1. The van der Waals surface area contributed by atoms with Crippen molar-refractivity contribution < 1.29 is 4.79 Å². The molecule has 1 aliphatic carbocycles. The second kappa shape index (κ2) is 4.13. The predicted molar refractivity (Wildman–Crippen MR) is 59.8 cm³/mol. The molecule has 0 bridgehead atoms. The first-order chi connectivity index (χ1) is 7.18. The lowest BCUT2D eigenvalue weighted by Gasteiger charge is -2.13. The Morgan fingerprint density at radius 1 is 1.40 bits per heavy atom. The zero-order valence-corrected chi connectivity index (χ0v) is 9.36. The van der Waals surface area contributed by atoms with Crippen molar-refractivity contribution in [3.05, 3.63) is 29.6 Å². The number of hydrogen-bond acceptors (Lipinski definition) is 2. The molecule has 1 heterocycles. The molecule has 15 heavy (non-hydrogen) atoms. The highest BCUT2D eigenvalue weighted by Gasteiger charge is 2.30. The van der Waals surface area contributed by atoms with Gasteiger partial charge in [-0.3, -0.25) is 9.78 Å². The third kappa shape index (κ3) is 2.09. The Kier molecular flexibility index (Phi) is 2.85. The standard InChI is InChI=1S/C13H17NO/c1-9-6-11(8-14-7-9)13(15)12-5-3-4-10(12)2/h6-8,10,12H,3-5H2,1-2H3. The molecule has 2 heteroatoms. The highest BCUT2D eigenvalue weighted by Crippen LogP contribution is 2.33. The molecule has 0 saturated heterocycles. The van der Waals surface area contributed by atoms with Crippen molar-refractivity contribution in [1.29, 1.82) is 0 Å². The van der Waals surface area contributed by atoms with Crippen molar-refractivity contribution >= 4 is 5.78 Å². The van der Waals surface area contributed by atoms with Gasteiger partial charge in [0.2, 0.25) is 0 Å². The summed E-state index contributed by atoms with van der Waals surface area (Å²) in [6, 6.07) is 1.94. The van der Waals surface area contributed by atoms with E-state index in [9.17, 15) is 4.79 Å². The summed E-state index contributed by atoms with van der Waals surface area (Å²) in [5.74, 6) is 1.06. The molecule has 0 aromatic carbocycles. The molecule has 2 atom stereocenters. The third-order valence-electron chi connectivity index (χ3n) is 3.36. The molecule has 80 valence electrons. The van der Waals surface area contributed by atoms with E-state index in [1.165, 1.54) is 12.8 Å². The Balaban J connectivity index is 2.20. The van der Waals surface area contributed by atoms with Crippen LogP contribution < -0.4 is 0 Å². The number of aryl methyl sites for hydroxylation is 1. The smallest absolute Gasteiger partial charge is 0.167 e. The summed E-state index contributed by atoms with van der Waals surface area (Å²) in [6.07, 6.45) is 6.91. The van der Waals surface area contributed by atoms with Crippen molar-refractivity contribution in [3.8, 4) is 0 Å². The van der Waals surface area contributed by atoms with Gasteiger partial charge < -0.3 is 0 Å². The van der Waals surface area contributed by atoms with Crippen molar-refractivity contribution in [2.75, 3.05) is 0 Å². The first-order valence-electron chi connectivity index (χ1n) is 5.64. The maximum absolute atomic E-state index is 12.2. The van der Waals surface area contributed by atoms with E-state index in [0.29, 0.717) is 5.92 Å². The number of aromatic nitrogens is 1. The van der Waals surface area contributed by atoms with Crippen LogP contribution in [0.4, 0.5) is 0 Å². The minimum Gasteiger partial charge on any atom is -0.294 e. The third-order valence-corrected chi connectivity index (χ3v) is 3.36. The van der Waals surface area contributed by atoms with Crippen LogP contribution in [0.2, 0.25) is 0 Å². The molecule has 2 rings (SSSR count). The van der Waals surface area contributed by atoms with Gasteiger partial charge in [-0.1, -0.05) is 13.3 Å². The average molecular weight is 203 g/mol. The fourth-order valence-corrected chi connectivity index (χ4v) is 2.44. The van der Waals surface area contributed by atoms with E-state index in [1.54, 1.807) is 12.4 Å². The number of Topliss-reactive ketones (excluding diaryl/α,β-unsaturated/α-hetero) is 1. The van der Waals surface area contributed by atoms with Gasteiger partial charge >= 0.3 is 0 Å². The van der Waals surface area contributed by atoms with Gasteiger partial charge in [-0.15, -0.1) is 0 Å². The minimum absolute atomic E-state index is 0.230. The van der Waals surface area contributed by atoms with Gasteiger partial charge in [-0.2, -0.15) is 0 Å². The largest absolute Gasteiger partial charge is 0.294 e. The van der Waals surface area contributed by atoms with E-state index in [-0.39, 0.29) is 11.7 Å². The predicted octanol–water partition coefficient (Wildman–Crippen LogP) is 3.01. The summed E-state index contributed by atoms with van der Waals surface area (Å²) in [4.78, 5) is 16.3. The van der Waals surface area contributed by atoms with E-state index < -0.39 is 0 Å². The van der Waals surface area contributed by atoms with Crippen molar-refractivity contribution in [2.24, 2.45) is 11.8 Å². The first-order valence-corrected chi connectivity index (χ1v) is 5.64. The Hall–Kier alpha value is -1.18. The number of hydrogen-bond donors (Lipinski definition) is 0. The molecule has 1 aromatic heterocycles. The number of rotatable bonds is 2. The Labute approximate surface area is 90.7 Å². The summed E-state index contributed by atoms with van der Waals surface area (Å²) in [7, 11) is 0. The zero-order chi connectivity index (χ0) is 10.8. The Morgan fingerprint density at radius 2 is 2.20 bits per heavy atom. The van der Waals surface area contributed by atoms with Crippen molar-refractivity contribution in [2.45, 2.75) is 33.1 Å². The number of carbonyl (C=O) groups is 1. The number of ketones is 1. The summed E-state index contributed by atoms with van der Waals surface area (Å²) >= 11 is 0. The van der Waals surface area contributed by atoms with E-state index in [1.807, 2.05) is 13.0 Å². The molecule has 1 aliphatic rings. The van der Waals surface area contributed by atoms with Crippen LogP contribution >= 0.6 is 0 Å². The molecule has 2 nitrogen and oxygen atoms in total. The molecule has 1 fully saturated rings. The lowest BCUT2D eigenvalue weighted by atomic mass is 9.90. The summed E-state index contributed by atoms with van der Waals surface area (Å²) in [5.41, 5.74) is 1.85. The summed E-state index contributed by atoms with van der Waals surface area (Å²) in [6.45, 7) is 4.15. The molecule has 1 aromatic rings. The molecule has 0 radical (unpaired) electrons. The van der Waals surface area contributed by atoms with Crippen LogP contribution in [0.5, 0.6) is 0 Å². The van der Waals surface area contributed by atoms with Crippen LogP contribution in [0.15, 0.2) is 18.5 Å². The maximum Gasteiger partial charge on any atom is 0.167 e. The quantitative estimate of drug-likeness (QED) is 0.691. The molecule has 0 aliphatic heterocycles. The highest BCUT2D eigenvalue weighted by molar-refractivity contribution is 5.98. The molecule has 0 N–H and O–H groups in total. The number of nitrogens with zero attached hydrogens (tertiary/aromatic N) is 1. The van der Waals surface area contributed by atoms with Gasteiger partial charge in [0, 0.05) is 23.9 Å². The lowest BCUT2D eigenvalue weighted by Crippen LogP contribution is -2.17. The fraction of sp³-hybridized carbons (Fsp3) is 0.538. The van der Waals surface area contributed by atoms with Crippen molar-refractivity contribution in [1.82, 2.24) is 4.98 Å². The maximum atomic E-state index is 12.2. The second-order valence-corrected chi connectivity index (χ2v) is 4.63. The second-order valence-electron chi connectivity index (χ2n) is 4.63. The minimum atomic E-state index is 0.230. The molecule has 0 spiro atoms. The van der Waals surface area contributed by atoms with Crippen molar-refractivity contribution in [3.63, 3.8) is 0 Å². The Morgan fingerprint density at radius 3 is 2.80 bits per heavy atom. The summed E-state index contributed by atoms with van der Waals surface area (Å²) < 4.78 is 0. The summed E-state index contributed by atoms with van der Waals surface area (Å²) in [5, 5.41) is 0. The van der Waals surface area contributed by atoms with Gasteiger partial charge in [0.25, 0.3) is 0 Å². The van der Waals surface area contributed by atoms with Gasteiger partial charge in [-0.05, 0) is 37.3 Å². The van der Waals surface area contributed by atoms with Crippen LogP contribution in [-0.4, -0.2) is 10.8 Å². The van der Waals surface area contributed by atoms with E-state index in [4.69, 9.17) is 0 Å². The van der Waals surface area contributed by atoms with Gasteiger partial charge in [-0.25, -0.2) is 0 Å². The molecule has 1 saturated carbocycles. The van der Waals surface area contributed by atoms with Crippen LogP contribution in [0.1, 0.15) is 42.1 Å².